The number of benzene rings is 3. The summed E-state index contributed by atoms with van der Waals surface area (Å²) in [4.78, 5) is 23.3. The maximum Gasteiger partial charge on any atom is 0.409 e. The van der Waals surface area contributed by atoms with E-state index in [1.807, 2.05) is 12.1 Å². The molecule has 196 valence electrons. The zero-order valence-corrected chi connectivity index (χ0v) is 24.6. The molecule has 11 heteroatoms. The van der Waals surface area contributed by atoms with Gasteiger partial charge in [0.25, 0.3) is 0 Å². The Hall–Kier alpha value is -3.51. The van der Waals surface area contributed by atoms with Crippen LogP contribution in [0.4, 0.5) is 4.79 Å². The summed E-state index contributed by atoms with van der Waals surface area (Å²) in [5, 5.41) is 25.9. The van der Waals surface area contributed by atoms with Crippen molar-refractivity contribution in [2.45, 2.75) is 36.6 Å². The van der Waals surface area contributed by atoms with Gasteiger partial charge in [0.1, 0.15) is 0 Å². The first-order chi connectivity index (χ1) is 17.8. The normalized spacial score (nSPS) is 11.7. The van der Waals surface area contributed by atoms with Crippen molar-refractivity contribution in [3.8, 4) is 12.1 Å². The van der Waals surface area contributed by atoms with Gasteiger partial charge in [0.15, 0.2) is 11.7 Å². The van der Waals surface area contributed by atoms with Gasteiger partial charge in [-0.3, -0.25) is 9.69 Å². The van der Waals surface area contributed by atoms with Gasteiger partial charge < -0.3 is 5.11 Å². The lowest BCUT2D eigenvalue weighted by molar-refractivity contribution is 0.0902. The molecule has 0 saturated carbocycles. The second-order valence-electron chi connectivity index (χ2n) is 8.85. The molecule has 0 heterocycles. The predicted octanol–water partition coefficient (Wildman–Crippen LogP) is 6.71. The van der Waals surface area contributed by atoms with Crippen molar-refractivity contribution in [2.75, 3.05) is 0 Å². The fraction of sp³-hybridized carbons (Fsp3) is 0.185. The van der Waals surface area contributed by atoms with Crippen molar-refractivity contribution >= 4 is 54.1 Å². The third kappa shape index (κ3) is 7.29. The molecule has 1 unspecified atom stereocenters. The topological polar surface area (TPSA) is 139 Å². The molecule has 3 aromatic rings. The first kappa shape index (κ1) is 30.7. The molecule has 0 saturated heterocycles. The molecule has 1 amide bonds. The largest absolute Gasteiger partial charge is 0.465 e. The van der Waals surface area contributed by atoms with Gasteiger partial charge in [-0.1, -0.05) is 56.1 Å². The summed E-state index contributed by atoms with van der Waals surface area (Å²) in [6, 6.07) is 20.9. The van der Waals surface area contributed by atoms with Crippen LogP contribution < -0.4 is 0 Å². The fourth-order valence-corrected chi connectivity index (χ4v) is 6.65. The van der Waals surface area contributed by atoms with Crippen LogP contribution in [-0.2, 0) is 9.84 Å². The van der Waals surface area contributed by atoms with Gasteiger partial charge in [-0.25, -0.2) is 13.2 Å². The number of carbonyl (C=O) groups excluding carboxylic acids is 1. The van der Waals surface area contributed by atoms with E-state index in [0.717, 1.165) is 11.2 Å². The first-order valence-corrected chi connectivity index (χ1v) is 14.1. The minimum atomic E-state index is -4.09. The number of amides is 1. The molecule has 0 bridgehead atoms. The van der Waals surface area contributed by atoms with E-state index in [1.165, 1.54) is 30.3 Å². The number of hydrogen-bond donors (Lipinski definition) is 1. The first-order valence-electron chi connectivity index (χ1n) is 10.9. The summed E-state index contributed by atoms with van der Waals surface area (Å²) in [6.45, 7) is 4.89. The maximum atomic E-state index is 13.4. The molecule has 1 atom stereocenters. The molecule has 1 N–H and O–H groups in total. The lowest BCUT2D eigenvalue weighted by atomic mass is 10.0. The number of nitriles is 2. The molecule has 8 nitrogen and oxygen atoms in total. The number of rotatable bonds is 5. The Bertz CT molecular complexity index is 1520. The van der Waals surface area contributed by atoms with E-state index in [2.05, 4.69) is 31.9 Å². The van der Waals surface area contributed by atoms with Crippen LogP contribution in [0.1, 0.15) is 53.2 Å². The van der Waals surface area contributed by atoms with Crippen molar-refractivity contribution in [2.24, 2.45) is 0 Å². The van der Waals surface area contributed by atoms with Crippen LogP contribution in [0.25, 0.3) is 0 Å². The summed E-state index contributed by atoms with van der Waals surface area (Å²) < 4.78 is 27.9. The number of halogens is 2. The van der Waals surface area contributed by atoms with Crippen molar-refractivity contribution in [1.82, 2.24) is 4.90 Å². The van der Waals surface area contributed by atoms with Gasteiger partial charge in [-0.2, -0.15) is 10.5 Å². The van der Waals surface area contributed by atoms with E-state index in [9.17, 15) is 23.1 Å². The Morgan fingerprint density at radius 3 is 1.89 bits per heavy atom. The lowest BCUT2D eigenvalue weighted by Gasteiger charge is -2.39. The predicted molar refractivity (Wildman–Crippen MR) is 149 cm³/mol. The minimum Gasteiger partial charge on any atom is -0.465 e. The van der Waals surface area contributed by atoms with Gasteiger partial charge in [0.2, 0.25) is 9.84 Å². The molecule has 0 aliphatic heterocycles. The van der Waals surface area contributed by atoms with E-state index < -0.39 is 26.8 Å². The Labute approximate surface area is 238 Å². The zero-order valence-electron chi connectivity index (χ0n) is 20.6. The highest BCUT2D eigenvalue weighted by molar-refractivity contribution is 9.10. The van der Waals surface area contributed by atoms with Crippen LogP contribution in [0.15, 0.2) is 80.6 Å². The van der Waals surface area contributed by atoms with E-state index in [4.69, 9.17) is 10.5 Å². The number of aldehydes is 1. The van der Waals surface area contributed by atoms with Gasteiger partial charge in [0, 0.05) is 25.6 Å². The maximum absolute atomic E-state index is 13.4. The highest BCUT2D eigenvalue weighted by Crippen LogP contribution is 2.40. The van der Waals surface area contributed by atoms with Crippen LogP contribution in [0.5, 0.6) is 0 Å². The summed E-state index contributed by atoms with van der Waals surface area (Å²) >= 11 is 6.47. The average Bonchev–Trinajstić information content (AvgIpc) is 2.87. The monoisotopic (exact) mass is 659 g/mol. The molecular formula is C27H23Br2N3O5S. The molecule has 0 aliphatic rings. The Balaban J connectivity index is 0.000000384. The van der Waals surface area contributed by atoms with E-state index >= 15 is 0 Å². The van der Waals surface area contributed by atoms with E-state index in [0.29, 0.717) is 25.6 Å². The number of hydrogen-bond acceptors (Lipinski definition) is 6. The van der Waals surface area contributed by atoms with Crippen LogP contribution in [0.2, 0.25) is 0 Å². The minimum absolute atomic E-state index is 0.0155. The van der Waals surface area contributed by atoms with Crippen LogP contribution >= 0.6 is 31.9 Å². The van der Waals surface area contributed by atoms with E-state index in [1.54, 1.807) is 57.2 Å². The number of carbonyl (C=O) groups is 2. The number of sulfone groups is 1. The highest BCUT2D eigenvalue weighted by atomic mass is 79.9. The smallest absolute Gasteiger partial charge is 0.409 e. The van der Waals surface area contributed by atoms with Crippen LogP contribution in [0, 0.1) is 22.7 Å². The van der Waals surface area contributed by atoms with Crippen molar-refractivity contribution in [3.05, 3.63) is 97.9 Å². The third-order valence-electron chi connectivity index (χ3n) is 5.18. The molecule has 38 heavy (non-hydrogen) atoms. The second kappa shape index (κ2) is 12.8. The number of carboxylic acid groups (broad SMARTS) is 1. The van der Waals surface area contributed by atoms with Crippen LogP contribution in [-0.4, -0.2) is 36.3 Å². The van der Waals surface area contributed by atoms with Gasteiger partial charge in [-0.15, -0.1) is 0 Å². The molecule has 3 aromatic carbocycles. The average molecular weight is 661 g/mol. The standard InChI is InChI=1S/C19H19BrN2O4S.C8H4BrNO/c1-19(2,3)22(18(23)24)17(15-10-9-13(12-21)11-16(15)20)27(25,26)14-7-5-4-6-8-14;9-8-3-6(4-10)1-2-7(8)5-11/h4-11,17H,1-3H3,(H,23,24);1-3,5H. The highest BCUT2D eigenvalue weighted by Gasteiger charge is 2.43. The molecule has 0 aliphatic carbocycles. The SMILES string of the molecule is CC(C)(C)N(C(=O)O)C(c1ccc(C#N)cc1Br)S(=O)(=O)c1ccccc1.N#Cc1ccc(C=O)c(Br)c1. The van der Waals surface area contributed by atoms with Crippen molar-refractivity contribution in [1.29, 1.82) is 10.5 Å². The summed E-state index contributed by atoms with van der Waals surface area (Å²) in [7, 11) is -4.09. The van der Waals surface area contributed by atoms with Crippen molar-refractivity contribution in [3.63, 3.8) is 0 Å². The quantitative estimate of drug-likeness (QED) is 0.300. The van der Waals surface area contributed by atoms with Crippen LogP contribution in [0.3, 0.4) is 0 Å². The van der Waals surface area contributed by atoms with Gasteiger partial charge in [0.05, 0.1) is 28.2 Å². The molecule has 0 aromatic heterocycles. The van der Waals surface area contributed by atoms with Crippen molar-refractivity contribution < 1.29 is 23.1 Å². The van der Waals surface area contributed by atoms with Gasteiger partial charge >= 0.3 is 6.09 Å². The Morgan fingerprint density at radius 1 is 0.947 bits per heavy atom. The lowest BCUT2D eigenvalue weighted by Crippen LogP contribution is -2.49. The molecule has 3 rings (SSSR count). The molecule has 0 fully saturated rings. The molecule has 0 radical (unpaired) electrons. The summed E-state index contributed by atoms with van der Waals surface area (Å²) in [5.41, 5.74) is 0.687. The second-order valence-corrected chi connectivity index (χ2v) is 12.6. The number of nitrogens with zero attached hydrogens (tertiary/aromatic N) is 3. The zero-order chi connectivity index (χ0) is 28.7. The molecule has 0 spiro atoms. The summed E-state index contributed by atoms with van der Waals surface area (Å²) in [6.07, 6.45) is -0.617. The summed E-state index contributed by atoms with van der Waals surface area (Å²) in [5.74, 6) is 0. The Morgan fingerprint density at radius 2 is 1.47 bits per heavy atom. The third-order valence-corrected chi connectivity index (χ3v) is 8.54. The molecular weight excluding hydrogens is 638 g/mol. The van der Waals surface area contributed by atoms with E-state index in [-0.39, 0.29) is 10.5 Å². The fourth-order valence-electron chi connectivity index (χ4n) is 3.41. The van der Waals surface area contributed by atoms with Gasteiger partial charge in [-0.05, 0) is 63.2 Å². The Kier molecular flexibility index (Phi) is 10.4.